The summed E-state index contributed by atoms with van der Waals surface area (Å²) in [5.74, 6) is 0.00980. The fourth-order valence-corrected chi connectivity index (χ4v) is 3.52. The Morgan fingerprint density at radius 3 is 2.26 bits per heavy atom. The third-order valence-corrected chi connectivity index (χ3v) is 5.25. The highest BCUT2D eigenvalue weighted by Crippen LogP contribution is 2.25. The first-order chi connectivity index (χ1) is 15.1. The number of nitrogens with one attached hydrogen (secondary N) is 1. The van der Waals surface area contributed by atoms with Gasteiger partial charge in [-0.3, -0.25) is 10.1 Å². The van der Waals surface area contributed by atoms with Gasteiger partial charge in [-0.05, 0) is 23.3 Å². The van der Waals surface area contributed by atoms with Crippen LogP contribution in [-0.4, -0.2) is 21.8 Å². The van der Waals surface area contributed by atoms with Gasteiger partial charge in [-0.15, -0.1) is 0 Å². The molecule has 0 aliphatic carbocycles. The summed E-state index contributed by atoms with van der Waals surface area (Å²) in [5, 5.41) is 8.19. The first-order valence-corrected chi connectivity index (χ1v) is 10.3. The maximum Gasteiger partial charge on any atom is 0.231 e. The zero-order chi connectivity index (χ0) is 21.6. The number of carbonyl (C=O) groups is 1. The van der Waals surface area contributed by atoms with Crippen molar-refractivity contribution in [3.8, 4) is 11.3 Å². The summed E-state index contributed by atoms with van der Waals surface area (Å²) in [5.41, 5.74) is 3.10. The van der Waals surface area contributed by atoms with Gasteiger partial charge in [0.2, 0.25) is 11.9 Å². The zero-order valence-electron chi connectivity index (χ0n) is 16.4. The summed E-state index contributed by atoms with van der Waals surface area (Å²) in [6.07, 6.45) is 3.50. The van der Waals surface area contributed by atoms with Crippen LogP contribution in [0.3, 0.4) is 0 Å². The van der Waals surface area contributed by atoms with E-state index in [1.165, 1.54) is 0 Å². The molecular weight excluding hydrogens is 431 g/mol. The highest BCUT2D eigenvalue weighted by atomic mass is 35.5. The molecule has 1 N–H and O–H groups in total. The molecule has 4 rings (SSSR count). The van der Waals surface area contributed by atoms with Crippen LogP contribution in [0.25, 0.3) is 11.3 Å². The minimum Gasteiger partial charge on any atom is -0.294 e. The summed E-state index contributed by atoms with van der Waals surface area (Å²) in [6, 6.07) is 24.5. The molecule has 1 heterocycles. The maximum atomic E-state index is 12.7. The summed E-state index contributed by atoms with van der Waals surface area (Å²) in [6.45, 7) is 0. The second-order valence-corrected chi connectivity index (χ2v) is 7.56. The molecule has 0 spiro atoms. The van der Waals surface area contributed by atoms with Crippen molar-refractivity contribution < 1.29 is 4.79 Å². The Hall–Kier alpha value is -3.41. The highest BCUT2D eigenvalue weighted by molar-refractivity contribution is 6.36. The second kappa shape index (κ2) is 9.60. The normalized spacial score (nSPS) is 11.0. The van der Waals surface area contributed by atoms with Gasteiger partial charge >= 0.3 is 0 Å². The molecule has 31 heavy (non-hydrogen) atoms. The van der Waals surface area contributed by atoms with Crippen LogP contribution in [0.2, 0.25) is 10.0 Å². The quantitative estimate of drug-likeness (QED) is 0.372. The topological polar surface area (TPSA) is 59.3 Å². The average molecular weight is 449 g/mol. The molecule has 0 aliphatic rings. The molecule has 0 atom stereocenters. The highest BCUT2D eigenvalue weighted by Gasteiger charge is 2.15. The van der Waals surface area contributed by atoms with Gasteiger partial charge in [-0.25, -0.2) is 9.66 Å². The Labute approximate surface area is 190 Å². The van der Waals surface area contributed by atoms with Crippen molar-refractivity contribution in [1.82, 2.24) is 9.66 Å². The standard InChI is InChI=1S/C24H18Cl2N4O/c25-20-12-7-13-21(26)19(20)14-23(31)29-24-28-22(18-10-5-2-6-11-18)16-30(24)27-15-17-8-3-1-4-9-17/h1-13,15-16H,14H2,(H,28,29,31)/b27-15+. The first-order valence-electron chi connectivity index (χ1n) is 9.57. The van der Waals surface area contributed by atoms with Crippen LogP contribution in [0.4, 0.5) is 5.95 Å². The van der Waals surface area contributed by atoms with Crippen molar-refractivity contribution in [3.63, 3.8) is 0 Å². The first kappa shape index (κ1) is 20.8. The zero-order valence-corrected chi connectivity index (χ0v) is 17.9. The van der Waals surface area contributed by atoms with E-state index < -0.39 is 0 Å². The van der Waals surface area contributed by atoms with Crippen molar-refractivity contribution >= 4 is 41.3 Å². The molecule has 5 nitrogen and oxygen atoms in total. The number of amides is 1. The van der Waals surface area contributed by atoms with E-state index in [0.717, 1.165) is 11.1 Å². The van der Waals surface area contributed by atoms with Gasteiger partial charge in [0.25, 0.3) is 0 Å². The Morgan fingerprint density at radius 1 is 0.935 bits per heavy atom. The average Bonchev–Trinajstić information content (AvgIpc) is 3.19. The SMILES string of the molecule is O=C(Cc1c(Cl)cccc1Cl)Nc1nc(-c2ccccc2)cn1/N=C/c1ccccc1. The monoisotopic (exact) mass is 448 g/mol. The van der Waals surface area contributed by atoms with Crippen LogP contribution in [0, 0.1) is 0 Å². The second-order valence-electron chi connectivity index (χ2n) is 6.74. The molecular formula is C24H18Cl2N4O. The number of aromatic nitrogens is 2. The van der Waals surface area contributed by atoms with Gasteiger partial charge in [-0.2, -0.15) is 5.10 Å². The molecule has 0 saturated carbocycles. The Bertz CT molecular complexity index is 1200. The third kappa shape index (κ3) is 5.20. The Morgan fingerprint density at radius 2 is 1.58 bits per heavy atom. The van der Waals surface area contributed by atoms with Gasteiger partial charge in [0.05, 0.1) is 24.5 Å². The van der Waals surface area contributed by atoms with E-state index in [0.29, 0.717) is 27.3 Å². The lowest BCUT2D eigenvalue weighted by molar-refractivity contribution is -0.115. The number of hydrogen-bond acceptors (Lipinski definition) is 3. The van der Waals surface area contributed by atoms with Gasteiger partial charge < -0.3 is 0 Å². The number of anilines is 1. The lowest BCUT2D eigenvalue weighted by atomic mass is 10.1. The van der Waals surface area contributed by atoms with E-state index >= 15 is 0 Å². The Balaban J connectivity index is 1.62. The van der Waals surface area contributed by atoms with Crippen LogP contribution >= 0.6 is 23.2 Å². The minimum absolute atomic E-state index is 0.0223. The van der Waals surface area contributed by atoms with Crippen molar-refractivity contribution in [2.45, 2.75) is 6.42 Å². The van der Waals surface area contributed by atoms with Crippen molar-refractivity contribution in [2.24, 2.45) is 5.10 Å². The van der Waals surface area contributed by atoms with E-state index in [4.69, 9.17) is 23.2 Å². The number of imidazole rings is 1. The lowest BCUT2D eigenvalue weighted by Gasteiger charge is -2.08. The van der Waals surface area contributed by atoms with Gasteiger partial charge in [0.1, 0.15) is 0 Å². The van der Waals surface area contributed by atoms with E-state index in [1.807, 2.05) is 60.7 Å². The lowest BCUT2D eigenvalue weighted by Crippen LogP contribution is -2.17. The van der Waals surface area contributed by atoms with Gasteiger partial charge in [0, 0.05) is 15.6 Å². The van der Waals surface area contributed by atoms with E-state index in [9.17, 15) is 4.79 Å². The summed E-state index contributed by atoms with van der Waals surface area (Å²) in [4.78, 5) is 17.3. The summed E-state index contributed by atoms with van der Waals surface area (Å²) >= 11 is 12.4. The molecule has 4 aromatic rings. The number of halogens is 2. The number of rotatable bonds is 6. The molecule has 0 saturated heterocycles. The molecule has 0 bridgehead atoms. The molecule has 1 aromatic heterocycles. The fraction of sp³-hybridized carbons (Fsp3) is 0.0417. The van der Waals surface area contributed by atoms with Gasteiger partial charge in [-0.1, -0.05) is 89.9 Å². The molecule has 1 amide bonds. The molecule has 0 aliphatic heterocycles. The largest absolute Gasteiger partial charge is 0.294 e. The van der Waals surface area contributed by atoms with Crippen molar-refractivity contribution in [1.29, 1.82) is 0 Å². The van der Waals surface area contributed by atoms with Crippen molar-refractivity contribution in [3.05, 3.63) is 106 Å². The van der Waals surface area contributed by atoms with E-state index in [1.54, 1.807) is 35.3 Å². The van der Waals surface area contributed by atoms with Crippen LogP contribution in [0.5, 0.6) is 0 Å². The number of benzene rings is 3. The maximum absolute atomic E-state index is 12.7. The van der Waals surface area contributed by atoms with Crippen LogP contribution in [0.1, 0.15) is 11.1 Å². The number of carbonyl (C=O) groups excluding carboxylic acids is 1. The van der Waals surface area contributed by atoms with E-state index in [2.05, 4.69) is 15.4 Å². The molecule has 154 valence electrons. The molecule has 3 aromatic carbocycles. The smallest absolute Gasteiger partial charge is 0.231 e. The molecule has 0 fully saturated rings. The summed E-state index contributed by atoms with van der Waals surface area (Å²) in [7, 11) is 0. The van der Waals surface area contributed by atoms with Gasteiger partial charge in [0.15, 0.2) is 0 Å². The fourth-order valence-electron chi connectivity index (χ4n) is 2.99. The third-order valence-electron chi connectivity index (χ3n) is 4.54. The number of hydrogen-bond donors (Lipinski definition) is 1. The molecule has 7 heteroatoms. The minimum atomic E-state index is -0.295. The summed E-state index contributed by atoms with van der Waals surface area (Å²) < 4.78 is 1.54. The molecule has 0 radical (unpaired) electrons. The predicted molar refractivity (Wildman–Crippen MR) is 126 cm³/mol. The Kier molecular flexibility index (Phi) is 6.46. The van der Waals surface area contributed by atoms with Crippen LogP contribution in [0.15, 0.2) is 90.2 Å². The van der Waals surface area contributed by atoms with Crippen LogP contribution in [-0.2, 0) is 11.2 Å². The molecule has 0 unspecified atom stereocenters. The van der Waals surface area contributed by atoms with Crippen LogP contribution < -0.4 is 5.32 Å². The number of nitrogens with zero attached hydrogens (tertiary/aromatic N) is 3. The predicted octanol–water partition coefficient (Wildman–Crippen LogP) is 5.92. The van der Waals surface area contributed by atoms with E-state index in [-0.39, 0.29) is 12.3 Å². The van der Waals surface area contributed by atoms with Crippen molar-refractivity contribution in [2.75, 3.05) is 5.32 Å².